The number of halogens is 3. The minimum absolute atomic E-state index is 0. The van der Waals surface area contributed by atoms with E-state index in [0.717, 1.165) is 23.9 Å². The fourth-order valence-corrected chi connectivity index (χ4v) is 6.89. The van der Waals surface area contributed by atoms with Crippen molar-refractivity contribution in [1.29, 1.82) is 0 Å². The van der Waals surface area contributed by atoms with Gasteiger partial charge in [0.15, 0.2) is 0 Å². The van der Waals surface area contributed by atoms with Crippen LogP contribution in [0.2, 0.25) is 0 Å². The molecule has 0 saturated carbocycles. The molecule has 0 aliphatic carbocycles. The van der Waals surface area contributed by atoms with Crippen molar-refractivity contribution in [2.45, 2.75) is 14.7 Å². The molecule has 0 amide bonds. The Labute approximate surface area is 448 Å². The molecule has 0 saturated heterocycles. The molecule has 0 fully saturated rings. The van der Waals surface area contributed by atoms with Crippen LogP contribution >= 0.6 is 12.0 Å². The summed E-state index contributed by atoms with van der Waals surface area (Å²) in [4.78, 5) is 15.6. The molecule has 24 nitrogen and oxygen atoms in total. The third kappa shape index (κ3) is 15.5. The number of quaternary nitrogens is 1. The first-order valence-electron chi connectivity index (χ1n) is 17.3. The molecule has 0 aliphatic heterocycles. The number of nitrogens with two attached hydrogens (primary N) is 2. The molecule has 6 rings (SSSR count). The third-order valence-electron chi connectivity index (χ3n) is 8.15. The van der Waals surface area contributed by atoms with Crippen LogP contribution in [-0.2, 0) is 29.6 Å². The van der Waals surface area contributed by atoms with Gasteiger partial charge in [0.25, 0.3) is 0 Å². The van der Waals surface area contributed by atoms with Crippen molar-refractivity contribution in [2.75, 3.05) is 48.6 Å². The summed E-state index contributed by atoms with van der Waals surface area (Å²) >= 11 is 0.342. The van der Waals surface area contributed by atoms with Crippen LogP contribution in [0.1, 0.15) is 0 Å². The van der Waals surface area contributed by atoms with E-state index < -0.39 is 82.4 Å². The maximum absolute atomic E-state index is 14.6. The third-order valence-corrected chi connectivity index (χ3v) is 10.6. The molecule has 2 aromatic heterocycles. The summed E-state index contributed by atoms with van der Waals surface area (Å²) in [5, 5.41) is 37.6. The Hall–Kier alpha value is -4.03. The molecule has 0 spiro atoms. The van der Waals surface area contributed by atoms with Gasteiger partial charge in [0.05, 0.1) is 59.2 Å². The number of nitrogens with one attached hydrogen (secondary N) is 3. The fourth-order valence-electron chi connectivity index (χ4n) is 5.26. The van der Waals surface area contributed by atoms with Gasteiger partial charge in [-0.3, -0.25) is 9.52 Å². The van der Waals surface area contributed by atoms with Crippen molar-refractivity contribution in [3.8, 4) is 0 Å². The van der Waals surface area contributed by atoms with Gasteiger partial charge in [-0.1, -0.05) is 0 Å². The van der Waals surface area contributed by atoms with Gasteiger partial charge in [-0.15, -0.1) is 20.5 Å². The second kappa shape index (κ2) is 24.0. The zero-order chi connectivity index (χ0) is 46.6. The van der Waals surface area contributed by atoms with Crippen LogP contribution in [0.15, 0.2) is 108 Å². The van der Waals surface area contributed by atoms with Gasteiger partial charge in [0.1, 0.15) is 54.5 Å². The van der Waals surface area contributed by atoms with E-state index in [0.29, 0.717) is 34.3 Å². The Morgan fingerprint density at radius 1 is 0.627 bits per heavy atom. The summed E-state index contributed by atoms with van der Waals surface area (Å²) < 4.78 is 120. The van der Waals surface area contributed by atoms with Gasteiger partial charge >= 0.3 is 101 Å². The Morgan fingerprint density at radius 2 is 1.16 bits per heavy atom. The summed E-state index contributed by atoms with van der Waals surface area (Å²) in [5.41, 5.74) is 10.1. The zero-order valence-electron chi connectivity index (χ0n) is 35.6. The maximum Gasteiger partial charge on any atom is 1.00 e. The van der Waals surface area contributed by atoms with Gasteiger partial charge in [-0.05, 0) is 54.6 Å². The molecule has 4 aromatic carbocycles. The molecule has 67 heavy (non-hydrogen) atoms. The SMILES string of the molecule is C[N+](C)(C)c1ccc(Nc2nc(F)nc(Nc3ccc(SOO[O-])c(N=Nc4c(N)c(N=Nc5cc(Nc6cc(F)nc(F)n6)ccc5S(=O)(=O)[O-])cc(S(=O)(=O)[O-])c4N)c3)n2)cc1.[Na+].[Na+].[Na+]. The normalized spacial score (nSPS) is 11.7. The topological polar surface area (TPSA) is 358 Å². The number of hydrogen-bond donors (Lipinski definition) is 5. The number of hydrogen-bond acceptors (Lipinski definition) is 24. The first kappa shape index (κ1) is 57.3. The summed E-state index contributed by atoms with van der Waals surface area (Å²) in [7, 11) is -4.78. The molecule has 0 atom stereocenters. The average Bonchev–Trinajstić information content (AvgIpc) is 3.18. The monoisotopic (exact) mass is 1010 g/mol. The van der Waals surface area contributed by atoms with Gasteiger partial charge in [-0.2, -0.15) is 42.4 Å². The fraction of sp³-hybridized carbons (Fsp3) is 0.0882. The van der Waals surface area contributed by atoms with Gasteiger partial charge in [0, 0.05) is 35.3 Å². The first-order chi connectivity index (χ1) is 30.1. The van der Waals surface area contributed by atoms with Crippen molar-refractivity contribution in [3.05, 3.63) is 90.9 Å². The van der Waals surface area contributed by atoms with Gasteiger partial charge in [0.2, 0.25) is 17.8 Å². The molecule has 6 aromatic rings. The number of nitrogens with zero attached hydrogens (tertiary/aromatic N) is 10. The summed E-state index contributed by atoms with van der Waals surface area (Å²) in [6, 6.07) is 15.1. The Kier molecular flexibility index (Phi) is 20.5. The van der Waals surface area contributed by atoms with E-state index in [4.69, 9.17) is 11.5 Å². The van der Waals surface area contributed by atoms with Crippen LogP contribution in [0.25, 0.3) is 0 Å². The van der Waals surface area contributed by atoms with Crippen molar-refractivity contribution >= 4 is 107 Å². The predicted molar refractivity (Wildman–Crippen MR) is 218 cm³/mol. The predicted octanol–water partition coefficient (Wildman–Crippen LogP) is -3.45. The van der Waals surface area contributed by atoms with Crippen LogP contribution in [0, 0.1) is 18.1 Å². The summed E-state index contributed by atoms with van der Waals surface area (Å²) in [5.74, 6) is -2.14. The maximum atomic E-state index is 14.6. The van der Waals surface area contributed by atoms with E-state index in [-0.39, 0.29) is 123 Å². The molecule has 7 N–H and O–H groups in total. The number of rotatable bonds is 16. The molecule has 0 radical (unpaired) electrons. The molecule has 334 valence electrons. The van der Waals surface area contributed by atoms with E-state index in [1.165, 1.54) is 18.2 Å². The van der Waals surface area contributed by atoms with E-state index >= 15 is 0 Å². The van der Waals surface area contributed by atoms with E-state index in [9.17, 15) is 44.4 Å². The van der Waals surface area contributed by atoms with E-state index in [1.807, 2.05) is 33.3 Å². The van der Waals surface area contributed by atoms with Crippen molar-refractivity contribution < 1.29 is 142 Å². The van der Waals surface area contributed by atoms with Crippen molar-refractivity contribution in [1.82, 2.24) is 29.4 Å². The molecule has 0 aliphatic rings. The number of benzene rings is 4. The number of aromatic nitrogens is 5. The van der Waals surface area contributed by atoms with E-state index in [1.54, 1.807) is 12.1 Å². The Bertz CT molecular complexity index is 3040. The Balaban J connectivity index is 0.00000397. The first-order valence-corrected chi connectivity index (χ1v) is 20.9. The molecule has 0 bridgehead atoms. The quantitative estimate of drug-likeness (QED) is 0.00601. The molecular weight excluding hydrogens is 985 g/mol. The smallest absolute Gasteiger partial charge is 0.744 e. The average molecular weight is 1010 g/mol. The molecule has 33 heteroatoms. The minimum atomic E-state index is -5.44. The van der Waals surface area contributed by atoms with Crippen LogP contribution in [0.5, 0.6) is 0 Å². The summed E-state index contributed by atoms with van der Waals surface area (Å²) in [6.45, 7) is 0. The van der Waals surface area contributed by atoms with Gasteiger partial charge < -0.3 is 41.8 Å². The van der Waals surface area contributed by atoms with Crippen molar-refractivity contribution in [3.63, 3.8) is 0 Å². The number of anilines is 8. The van der Waals surface area contributed by atoms with Crippen molar-refractivity contribution in [2.24, 2.45) is 20.5 Å². The van der Waals surface area contributed by atoms with Crippen LogP contribution in [0.4, 0.5) is 87.8 Å². The molecule has 0 unspecified atom stereocenters. The van der Waals surface area contributed by atoms with Crippen LogP contribution in [0.3, 0.4) is 0 Å². The molecular formula is C34H28F3N15Na3O9S3+. The van der Waals surface area contributed by atoms with Crippen LogP contribution in [-0.4, -0.2) is 72.0 Å². The zero-order valence-corrected chi connectivity index (χ0v) is 44.0. The number of nitrogen functional groups attached to an aromatic ring is 2. The molecule has 2 heterocycles. The largest absolute Gasteiger partial charge is 1.00 e. The van der Waals surface area contributed by atoms with E-state index in [2.05, 4.69) is 70.7 Å². The second-order valence-electron chi connectivity index (χ2n) is 13.5. The minimum Gasteiger partial charge on any atom is -0.744 e. The number of azo groups is 2. The Morgan fingerprint density at radius 3 is 1.76 bits per heavy atom. The standard InChI is InChI=1S/C34H30F3N15O9S3.3Na/c1-52(2,3)19-8-4-16(5-9-19)41-33-45-32(37)46-34(47-33)42-18-6-10-23(62-61-60-53)20(12-18)48-51-30-28(38)22(14-25(29(30)39)64(57,58)59)50-49-21-13-17(7-11-24(21)63(54,55)56)40-27-15-26(35)43-31(36)44-27;;;/h4-15H,38-39H2,1-3H3,(H5-,40,41,42,43,44,45,46,47,53,54,55,56,57,58,59);;;/q;3*+1/p-2. The second-order valence-corrected chi connectivity index (χ2v) is 16.9. The van der Waals surface area contributed by atoms with Gasteiger partial charge in [-0.25, -0.2) is 16.8 Å². The van der Waals surface area contributed by atoms with Crippen LogP contribution < -0.4 is 126 Å². The summed E-state index contributed by atoms with van der Waals surface area (Å²) in [6.07, 6.45) is -2.60.